The van der Waals surface area contributed by atoms with Crippen LogP contribution in [0.2, 0.25) is 0 Å². The third-order valence-corrected chi connectivity index (χ3v) is 3.34. The van der Waals surface area contributed by atoms with Gasteiger partial charge in [0.05, 0.1) is 0 Å². The fourth-order valence-electron chi connectivity index (χ4n) is 1.58. The van der Waals surface area contributed by atoms with E-state index in [4.69, 9.17) is 4.74 Å². The minimum absolute atomic E-state index is 0.0472. The number of carbonyl (C=O) groups excluding carboxylic acids is 2. The summed E-state index contributed by atoms with van der Waals surface area (Å²) >= 11 is 1.70. The highest BCUT2D eigenvalue weighted by Gasteiger charge is 2.14. The minimum atomic E-state index is -0.328. The van der Waals surface area contributed by atoms with E-state index in [0.717, 1.165) is 5.75 Å². The second kappa shape index (κ2) is 7.93. The molecule has 1 atom stereocenters. The Hall–Kier alpha value is -1.29. The maximum absolute atomic E-state index is 11.1. The van der Waals surface area contributed by atoms with Gasteiger partial charge in [0.1, 0.15) is 11.9 Å². The first kappa shape index (κ1) is 14.8. The summed E-state index contributed by atoms with van der Waals surface area (Å²) in [7, 11) is 0. The first-order chi connectivity index (χ1) is 8.58. The lowest BCUT2D eigenvalue weighted by molar-refractivity contribution is -0.147. The molecule has 0 radical (unpaired) electrons. The molecule has 1 unspecified atom stereocenters. The molecule has 0 saturated heterocycles. The zero-order chi connectivity index (χ0) is 13.4. The Morgan fingerprint density at radius 2 is 1.89 bits per heavy atom. The van der Waals surface area contributed by atoms with E-state index in [1.165, 1.54) is 18.7 Å². The van der Waals surface area contributed by atoms with Gasteiger partial charge in [0.2, 0.25) is 0 Å². The zero-order valence-electron chi connectivity index (χ0n) is 10.7. The molecule has 4 heteroatoms. The van der Waals surface area contributed by atoms with Crippen LogP contribution in [0.5, 0.6) is 0 Å². The topological polar surface area (TPSA) is 43.4 Å². The van der Waals surface area contributed by atoms with Crippen LogP contribution in [0.1, 0.15) is 26.7 Å². The summed E-state index contributed by atoms with van der Waals surface area (Å²) < 4.78 is 5.13. The number of ether oxygens (including phenoxy) is 1. The minimum Gasteiger partial charge on any atom is -0.462 e. The van der Waals surface area contributed by atoms with E-state index in [1.54, 1.807) is 11.8 Å². The van der Waals surface area contributed by atoms with Gasteiger partial charge >= 0.3 is 5.97 Å². The van der Waals surface area contributed by atoms with Crippen LogP contribution in [0.4, 0.5) is 0 Å². The average molecular weight is 266 g/mol. The predicted molar refractivity (Wildman–Crippen MR) is 72.6 cm³/mol. The van der Waals surface area contributed by atoms with Crippen LogP contribution in [0.3, 0.4) is 0 Å². The molecule has 0 N–H and O–H groups in total. The molecule has 0 bridgehead atoms. The van der Waals surface area contributed by atoms with Crippen molar-refractivity contribution < 1.29 is 14.3 Å². The predicted octanol–water partition coefficient (Wildman–Crippen LogP) is 3.08. The maximum atomic E-state index is 11.1. The molecule has 1 aromatic carbocycles. The van der Waals surface area contributed by atoms with Crippen molar-refractivity contribution in [2.24, 2.45) is 0 Å². The smallest absolute Gasteiger partial charge is 0.302 e. The molecular formula is C14H18O3S. The Kier molecular flexibility index (Phi) is 6.50. The van der Waals surface area contributed by atoms with Gasteiger partial charge in [-0.2, -0.15) is 0 Å². The molecule has 18 heavy (non-hydrogen) atoms. The quantitative estimate of drug-likeness (QED) is 0.562. The number of hydrogen-bond donors (Lipinski definition) is 0. The van der Waals surface area contributed by atoms with Crippen molar-refractivity contribution in [2.75, 3.05) is 5.75 Å². The summed E-state index contributed by atoms with van der Waals surface area (Å²) in [4.78, 5) is 23.2. The second-order valence-corrected chi connectivity index (χ2v) is 5.26. The molecule has 0 spiro atoms. The number of thioether (sulfide) groups is 1. The van der Waals surface area contributed by atoms with Crippen molar-refractivity contribution in [3.05, 3.63) is 30.3 Å². The number of Topliss-reactive ketones (excluding diaryl/α,β-unsaturated/α-hetero) is 1. The van der Waals surface area contributed by atoms with E-state index < -0.39 is 0 Å². The van der Waals surface area contributed by atoms with Gasteiger partial charge in [-0.15, -0.1) is 11.8 Å². The lowest BCUT2D eigenvalue weighted by atomic mass is 10.1. The second-order valence-electron chi connectivity index (χ2n) is 4.09. The zero-order valence-corrected chi connectivity index (χ0v) is 11.5. The normalized spacial score (nSPS) is 11.9. The maximum Gasteiger partial charge on any atom is 0.302 e. The van der Waals surface area contributed by atoms with Gasteiger partial charge < -0.3 is 4.74 Å². The van der Waals surface area contributed by atoms with E-state index in [-0.39, 0.29) is 17.9 Å². The number of rotatable bonds is 7. The third-order valence-electron chi connectivity index (χ3n) is 2.30. The van der Waals surface area contributed by atoms with Crippen LogP contribution < -0.4 is 0 Å². The van der Waals surface area contributed by atoms with Crippen LogP contribution in [0, 0.1) is 0 Å². The lowest BCUT2D eigenvalue weighted by Gasteiger charge is -2.15. The van der Waals surface area contributed by atoms with Crippen molar-refractivity contribution in [3.8, 4) is 0 Å². The molecule has 0 fully saturated rings. The van der Waals surface area contributed by atoms with E-state index in [2.05, 4.69) is 0 Å². The molecule has 0 amide bonds. The number of hydrogen-bond acceptors (Lipinski definition) is 4. The molecular weight excluding hydrogens is 248 g/mol. The van der Waals surface area contributed by atoms with Gasteiger partial charge in [-0.05, 0) is 25.5 Å². The van der Waals surface area contributed by atoms with E-state index in [9.17, 15) is 9.59 Å². The summed E-state index contributed by atoms with van der Waals surface area (Å²) in [5.41, 5.74) is 0. The molecule has 0 aromatic heterocycles. The molecule has 0 saturated carbocycles. The van der Waals surface area contributed by atoms with Crippen LogP contribution in [-0.2, 0) is 14.3 Å². The number of carbonyl (C=O) groups is 2. The monoisotopic (exact) mass is 266 g/mol. The highest BCUT2D eigenvalue weighted by Crippen LogP contribution is 2.20. The fourth-order valence-corrected chi connectivity index (χ4v) is 2.55. The molecule has 98 valence electrons. The van der Waals surface area contributed by atoms with Gasteiger partial charge in [0, 0.05) is 24.0 Å². The molecule has 1 aromatic rings. The summed E-state index contributed by atoms with van der Waals surface area (Å²) in [5, 5.41) is 0. The van der Waals surface area contributed by atoms with E-state index >= 15 is 0 Å². The van der Waals surface area contributed by atoms with Gasteiger partial charge in [0.15, 0.2) is 0 Å². The first-order valence-corrected chi connectivity index (χ1v) is 6.91. The number of ketones is 1. The van der Waals surface area contributed by atoms with E-state index in [1.807, 2.05) is 30.3 Å². The Labute approximate surface area is 112 Å². The largest absolute Gasteiger partial charge is 0.462 e. The Morgan fingerprint density at radius 3 is 2.44 bits per heavy atom. The SMILES string of the molecule is CC(=O)CC(CCSc1ccccc1)OC(C)=O. The molecule has 0 aliphatic carbocycles. The third kappa shape index (κ3) is 6.45. The first-order valence-electron chi connectivity index (χ1n) is 5.92. The molecule has 0 aliphatic rings. The van der Waals surface area contributed by atoms with Gasteiger partial charge in [-0.1, -0.05) is 18.2 Å². The molecule has 0 aliphatic heterocycles. The Morgan fingerprint density at radius 1 is 1.22 bits per heavy atom. The molecule has 1 rings (SSSR count). The van der Waals surface area contributed by atoms with Gasteiger partial charge in [0.25, 0.3) is 0 Å². The summed E-state index contributed by atoms with van der Waals surface area (Å²) in [6.07, 6.45) is 0.699. The van der Waals surface area contributed by atoms with Crippen LogP contribution >= 0.6 is 11.8 Å². The van der Waals surface area contributed by atoms with Crippen molar-refractivity contribution in [1.82, 2.24) is 0 Å². The standard InChI is InChI=1S/C14H18O3S/c1-11(15)10-13(17-12(2)16)8-9-18-14-6-4-3-5-7-14/h3-7,13H,8-10H2,1-2H3. The summed E-state index contributed by atoms with van der Waals surface area (Å²) in [5.74, 6) is 0.548. The molecule has 3 nitrogen and oxygen atoms in total. The van der Waals surface area contributed by atoms with Crippen LogP contribution in [0.25, 0.3) is 0 Å². The molecule has 0 heterocycles. The Balaban J connectivity index is 2.37. The van der Waals surface area contributed by atoms with E-state index in [0.29, 0.717) is 12.8 Å². The van der Waals surface area contributed by atoms with Crippen LogP contribution in [0.15, 0.2) is 35.2 Å². The average Bonchev–Trinajstić information content (AvgIpc) is 2.28. The van der Waals surface area contributed by atoms with Crippen molar-refractivity contribution in [2.45, 2.75) is 37.7 Å². The highest BCUT2D eigenvalue weighted by molar-refractivity contribution is 7.99. The number of esters is 1. The Bertz CT molecular complexity index is 373. The number of benzene rings is 1. The van der Waals surface area contributed by atoms with Gasteiger partial charge in [-0.25, -0.2) is 0 Å². The van der Waals surface area contributed by atoms with Crippen molar-refractivity contribution in [1.29, 1.82) is 0 Å². The lowest BCUT2D eigenvalue weighted by Crippen LogP contribution is -2.20. The summed E-state index contributed by atoms with van der Waals surface area (Å²) in [6.45, 7) is 2.89. The summed E-state index contributed by atoms with van der Waals surface area (Å²) in [6, 6.07) is 10.0. The van der Waals surface area contributed by atoms with Crippen LogP contribution in [-0.4, -0.2) is 23.6 Å². The highest BCUT2D eigenvalue weighted by atomic mass is 32.2. The van der Waals surface area contributed by atoms with Crippen molar-refractivity contribution in [3.63, 3.8) is 0 Å². The fraction of sp³-hybridized carbons (Fsp3) is 0.429. The van der Waals surface area contributed by atoms with Crippen molar-refractivity contribution >= 4 is 23.5 Å². The van der Waals surface area contributed by atoms with Gasteiger partial charge in [-0.3, -0.25) is 9.59 Å².